The molecule has 80 valence electrons. The zero-order valence-corrected chi connectivity index (χ0v) is 19.5. The van der Waals surface area contributed by atoms with E-state index in [1.807, 2.05) is 0 Å². The molecule has 4 radical (unpaired) electrons. The van der Waals surface area contributed by atoms with E-state index in [1.165, 1.54) is 8.87 Å². The molecule has 0 aliphatic heterocycles. The molecule has 0 aromatic carbocycles. The predicted molar refractivity (Wildman–Crippen MR) is 73.4 cm³/mol. The van der Waals surface area contributed by atoms with Crippen LogP contribution >= 0.6 is 0 Å². The molecular formula is C10H28Sn3. The molecule has 0 rings (SSSR count). The van der Waals surface area contributed by atoms with Gasteiger partial charge in [-0.2, -0.15) is 0 Å². The van der Waals surface area contributed by atoms with E-state index >= 15 is 0 Å². The van der Waals surface area contributed by atoms with Crippen LogP contribution in [0.25, 0.3) is 0 Å². The van der Waals surface area contributed by atoms with Crippen LogP contribution in [0.2, 0.25) is 38.5 Å². The molecule has 0 saturated heterocycles. The van der Waals surface area contributed by atoms with Crippen molar-refractivity contribution in [1.29, 1.82) is 0 Å². The van der Waals surface area contributed by atoms with Crippen LogP contribution in [0.5, 0.6) is 0 Å². The van der Waals surface area contributed by atoms with E-state index in [-0.39, 0.29) is 21.1 Å². The van der Waals surface area contributed by atoms with Gasteiger partial charge in [0.1, 0.15) is 0 Å². The fraction of sp³-hybridized carbons (Fsp3) is 1.00. The summed E-state index contributed by atoms with van der Waals surface area (Å²) in [6.45, 7) is 4.57. The molecule has 0 atom stereocenters. The average Bonchev–Trinajstić information content (AvgIpc) is 1.86. The van der Waals surface area contributed by atoms with Crippen molar-refractivity contribution in [3.63, 3.8) is 0 Å². The zero-order valence-electron chi connectivity index (χ0n) is 10.9. The second-order valence-corrected chi connectivity index (χ2v) is 26.5. The molecule has 0 aromatic heterocycles. The van der Waals surface area contributed by atoms with Crippen LogP contribution in [0.1, 0.15) is 13.8 Å². The Labute approximate surface area is 111 Å². The molecule has 0 spiro atoms. The molecule has 3 heteroatoms. The summed E-state index contributed by atoms with van der Waals surface area (Å²) in [7, 11) is 0. The maximum absolute atomic E-state index is 2.36. The third-order valence-corrected chi connectivity index (χ3v) is 3.35. The van der Waals surface area contributed by atoms with Crippen molar-refractivity contribution in [2.24, 2.45) is 0 Å². The molecule has 0 nitrogen and oxygen atoms in total. The number of hydrogen-bond donors (Lipinski definition) is 0. The van der Waals surface area contributed by atoms with Crippen molar-refractivity contribution in [2.75, 3.05) is 0 Å². The van der Waals surface area contributed by atoms with E-state index in [0.717, 1.165) is 0 Å². The van der Waals surface area contributed by atoms with Crippen LogP contribution in [-0.2, 0) is 0 Å². The van der Waals surface area contributed by atoms with Crippen molar-refractivity contribution in [3.05, 3.63) is 0 Å². The molecule has 0 heterocycles. The van der Waals surface area contributed by atoms with Crippen LogP contribution in [0.3, 0.4) is 0 Å². The Morgan fingerprint density at radius 2 is 0.846 bits per heavy atom. The van der Waals surface area contributed by atoms with Crippen LogP contribution in [0.15, 0.2) is 0 Å². The first-order valence-electron chi connectivity index (χ1n) is 5.12. The molecular weight excluding hydrogens is 476 g/mol. The fourth-order valence-electron chi connectivity index (χ4n) is 0.250. The third-order valence-electron chi connectivity index (χ3n) is 0.500. The van der Waals surface area contributed by atoms with Crippen LogP contribution in [-0.4, -0.2) is 60.7 Å². The maximum atomic E-state index is 2.36. The Balaban J connectivity index is -0.000000117. The van der Waals surface area contributed by atoms with Gasteiger partial charge in [0.25, 0.3) is 0 Å². The Bertz CT molecular complexity index is 49.7. The summed E-state index contributed by atoms with van der Waals surface area (Å²) in [5.74, 6) is 0. The summed E-state index contributed by atoms with van der Waals surface area (Å²) in [6, 6.07) is 0. The first kappa shape index (κ1) is 20.8. The summed E-state index contributed by atoms with van der Waals surface area (Å²) in [5, 5.41) is 0. The van der Waals surface area contributed by atoms with Crippen LogP contribution in [0.4, 0.5) is 0 Å². The van der Waals surface area contributed by atoms with E-state index in [4.69, 9.17) is 0 Å². The second kappa shape index (κ2) is 19.9. The van der Waals surface area contributed by atoms with Gasteiger partial charge < -0.3 is 0 Å². The van der Waals surface area contributed by atoms with E-state index in [0.29, 0.717) is 0 Å². The molecule has 0 aliphatic carbocycles. The standard InChI is InChI=1S/2C2H5.6CH3.3Sn/c2*1-2;;;;;;;;;/h2*1H2,2H3;6*1H3;;;. The van der Waals surface area contributed by atoms with Crippen LogP contribution in [0, 0.1) is 0 Å². The van der Waals surface area contributed by atoms with Gasteiger partial charge in [-0.15, -0.1) is 0 Å². The second-order valence-electron chi connectivity index (χ2n) is 3.96. The normalized spacial score (nSPS) is 8.77. The van der Waals surface area contributed by atoms with E-state index in [2.05, 4.69) is 43.5 Å². The SMILES string of the molecule is C[CH2][Sn][CH2]C.[CH3][Sn]([CH3])[CH3].[CH3][Sn]([CH3])[CH3]. The zero-order chi connectivity index (χ0) is 11.3. The summed E-state index contributed by atoms with van der Waals surface area (Å²) >= 11 is -0.869. The molecule has 0 saturated carbocycles. The van der Waals surface area contributed by atoms with E-state index in [9.17, 15) is 0 Å². The first-order valence-corrected chi connectivity index (χ1v) is 26.3. The van der Waals surface area contributed by atoms with Crippen molar-refractivity contribution in [3.8, 4) is 0 Å². The average molecular weight is 504 g/mol. The molecule has 0 unspecified atom stereocenters. The molecule has 13 heavy (non-hydrogen) atoms. The topological polar surface area (TPSA) is 0 Å². The van der Waals surface area contributed by atoms with Gasteiger partial charge in [-0.3, -0.25) is 0 Å². The molecule has 0 N–H and O–H groups in total. The Kier molecular flexibility index (Phi) is 31.8. The Morgan fingerprint density at radius 1 is 0.692 bits per heavy atom. The molecule has 0 amide bonds. The third kappa shape index (κ3) is 114. The van der Waals surface area contributed by atoms with Crippen molar-refractivity contribution >= 4 is 60.7 Å². The van der Waals surface area contributed by atoms with Crippen molar-refractivity contribution in [2.45, 2.75) is 52.4 Å². The Hall–Kier alpha value is 2.40. The summed E-state index contributed by atoms with van der Waals surface area (Å²) < 4.78 is 3.03. The van der Waals surface area contributed by atoms with E-state index in [1.54, 1.807) is 0 Å². The van der Waals surface area contributed by atoms with Gasteiger partial charge in [0.05, 0.1) is 0 Å². The minimum absolute atomic E-state index is 0.218. The van der Waals surface area contributed by atoms with Gasteiger partial charge in [0, 0.05) is 0 Å². The predicted octanol–water partition coefficient (Wildman–Crippen LogP) is 4.31. The van der Waals surface area contributed by atoms with Gasteiger partial charge >= 0.3 is 113 Å². The van der Waals surface area contributed by atoms with Crippen LogP contribution < -0.4 is 0 Å². The summed E-state index contributed by atoms with van der Waals surface area (Å²) in [5.41, 5.74) is 0. The Morgan fingerprint density at radius 3 is 0.846 bits per heavy atom. The van der Waals surface area contributed by atoms with Gasteiger partial charge in [0.2, 0.25) is 0 Å². The quantitative estimate of drug-likeness (QED) is 0.492. The molecule has 0 fully saturated rings. The minimum atomic E-state index is -0.543. The first-order chi connectivity index (χ1) is 5.88. The summed E-state index contributed by atoms with van der Waals surface area (Å²) in [4.78, 5) is 14.2. The van der Waals surface area contributed by atoms with Crippen molar-refractivity contribution < 1.29 is 0 Å². The number of rotatable bonds is 2. The monoisotopic (exact) mass is 508 g/mol. The molecule has 0 aromatic rings. The van der Waals surface area contributed by atoms with Gasteiger partial charge in [-0.1, -0.05) is 0 Å². The van der Waals surface area contributed by atoms with Gasteiger partial charge in [0.15, 0.2) is 0 Å². The number of hydrogen-bond acceptors (Lipinski definition) is 0. The summed E-state index contributed by atoms with van der Waals surface area (Å²) in [6.07, 6.45) is 0. The molecule has 0 bridgehead atoms. The van der Waals surface area contributed by atoms with Gasteiger partial charge in [-0.05, 0) is 0 Å². The van der Waals surface area contributed by atoms with E-state index < -0.39 is 39.5 Å². The fourth-order valence-corrected chi connectivity index (χ4v) is 1.68. The van der Waals surface area contributed by atoms with Gasteiger partial charge in [-0.25, -0.2) is 0 Å². The molecule has 0 aliphatic rings. The van der Waals surface area contributed by atoms with Crippen molar-refractivity contribution in [1.82, 2.24) is 0 Å².